The molecule has 0 radical (unpaired) electrons. The third-order valence-corrected chi connectivity index (χ3v) is 4.75. The first-order chi connectivity index (χ1) is 10.3. The van der Waals surface area contributed by atoms with E-state index in [1.54, 1.807) is 0 Å². The van der Waals surface area contributed by atoms with E-state index >= 15 is 0 Å². The first kappa shape index (κ1) is 18.6. The molecule has 0 aromatic carbocycles. The monoisotopic (exact) mass is 292 g/mol. The summed E-state index contributed by atoms with van der Waals surface area (Å²) in [4.78, 5) is 0. The number of aliphatic hydroxyl groups is 1. The summed E-state index contributed by atoms with van der Waals surface area (Å²) in [5, 5.41) is 9.94. The first-order valence-electron chi connectivity index (χ1n) is 9.51. The molecule has 0 aromatic rings. The second-order valence-electron chi connectivity index (χ2n) is 6.74. The van der Waals surface area contributed by atoms with Gasteiger partial charge in [0.15, 0.2) is 0 Å². The van der Waals surface area contributed by atoms with E-state index in [1.807, 2.05) is 0 Å². The Balaban J connectivity index is 1.84. The van der Waals surface area contributed by atoms with E-state index < -0.39 is 0 Å². The molecule has 122 valence electrons. The van der Waals surface area contributed by atoms with Crippen molar-refractivity contribution in [2.24, 2.45) is 5.92 Å². The second-order valence-corrected chi connectivity index (χ2v) is 6.74. The van der Waals surface area contributed by atoms with Crippen LogP contribution in [0.4, 0.5) is 0 Å². The third-order valence-electron chi connectivity index (χ3n) is 4.75. The van der Waals surface area contributed by atoms with Crippen molar-refractivity contribution in [1.29, 1.82) is 0 Å². The van der Waals surface area contributed by atoms with Crippen molar-refractivity contribution in [3.63, 3.8) is 0 Å². The van der Waals surface area contributed by atoms with E-state index in [9.17, 15) is 5.11 Å². The van der Waals surface area contributed by atoms with Gasteiger partial charge < -0.3 is 5.11 Å². The molecular weight excluding hydrogens is 256 g/mol. The molecule has 1 rings (SSSR count). The summed E-state index contributed by atoms with van der Waals surface area (Å²) in [6.45, 7) is 2.27. The van der Waals surface area contributed by atoms with Crippen molar-refractivity contribution in [2.75, 3.05) is 0 Å². The van der Waals surface area contributed by atoms with Crippen LogP contribution in [-0.2, 0) is 0 Å². The lowest BCUT2D eigenvalue weighted by atomic mass is 10.0. The van der Waals surface area contributed by atoms with Gasteiger partial charge in [-0.15, -0.1) is 5.92 Å². The highest BCUT2D eigenvalue weighted by atomic mass is 16.3. The van der Waals surface area contributed by atoms with Crippen molar-refractivity contribution in [1.82, 2.24) is 0 Å². The lowest BCUT2D eigenvalue weighted by Crippen LogP contribution is -2.14. The van der Waals surface area contributed by atoms with Crippen molar-refractivity contribution in [2.45, 2.75) is 109 Å². The summed E-state index contributed by atoms with van der Waals surface area (Å²) < 4.78 is 0. The normalized spacial score (nSPS) is 16.7. The number of aliphatic hydroxyl groups excluding tert-OH is 1. The molecule has 1 nitrogen and oxygen atoms in total. The van der Waals surface area contributed by atoms with Gasteiger partial charge in [0.1, 0.15) is 6.10 Å². The molecule has 0 aromatic heterocycles. The lowest BCUT2D eigenvalue weighted by Gasteiger charge is -2.10. The summed E-state index contributed by atoms with van der Waals surface area (Å²) in [5.41, 5.74) is 0. The predicted molar refractivity (Wildman–Crippen MR) is 92.2 cm³/mol. The Bertz CT molecular complexity index is 280. The van der Waals surface area contributed by atoms with Gasteiger partial charge in [0.25, 0.3) is 0 Å². The van der Waals surface area contributed by atoms with Crippen LogP contribution in [0.15, 0.2) is 0 Å². The van der Waals surface area contributed by atoms with E-state index in [0.717, 1.165) is 6.42 Å². The molecule has 1 saturated carbocycles. The molecule has 1 aliphatic rings. The summed E-state index contributed by atoms with van der Waals surface area (Å²) >= 11 is 0. The minimum absolute atomic E-state index is 0.351. The molecule has 21 heavy (non-hydrogen) atoms. The van der Waals surface area contributed by atoms with Crippen LogP contribution in [0.2, 0.25) is 0 Å². The molecule has 1 unspecified atom stereocenters. The average Bonchev–Trinajstić information content (AvgIpc) is 3.02. The highest BCUT2D eigenvalue weighted by Crippen LogP contribution is 2.27. The molecular formula is C20H36O. The molecule has 1 atom stereocenters. The summed E-state index contributed by atoms with van der Waals surface area (Å²) in [6.07, 6.45) is 19.2. The van der Waals surface area contributed by atoms with Crippen LogP contribution in [-0.4, -0.2) is 11.2 Å². The number of hydrogen-bond acceptors (Lipinski definition) is 1. The summed E-state index contributed by atoms with van der Waals surface area (Å²) in [7, 11) is 0. The topological polar surface area (TPSA) is 20.2 Å². The van der Waals surface area contributed by atoms with Gasteiger partial charge in [-0.05, 0) is 25.2 Å². The Kier molecular flexibility index (Phi) is 11.7. The van der Waals surface area contributed by atoms with E-state index in [0.29, 0.717) is 5.92 Å². The Hall–Kier alpha value is -0.480. The quantitative estimate of drug-likeness (QED) is 0.374. The van der Waals surface area contributed by atoms with Crippen molar-refractivity contribution < 1.29 is 5.11 Å². The Morgan fingerprint density at radius 3 is 1.95 bits per heavy atom. The van der Waals surface area contributed by atoms with Crippen LogP contribution >= 0.6 is 0 Å². The van der Waals surface area contributed by atoms with Gasteiger partial charge in [-0.2, -0.15) is 0 Å². The predicted octanol–water partition coefficient (Wildman–Crippen LogP) is 5.85. The van der Waals surface area contributed by atoms with Gasteiger partial charge in [0, 0.05) is 6.42 Å². The molecule has 0 saturated heterocycles. The standard InChI is InChI=1S/C20H36O/c1-2-3-4-5-6-7-8-9-10-11-12-13-18-20(21)19-16-14-15-17-19/h19-21H,2-12,14-17H2,1H3. The van der Waals surface area contributed by atoms with Gasteiger partial charge in [0.2, 0.25) is 0 Å². The fourth-order valence-corrected chi connectivity index (χ4v) is 3.27. The van der Waals surface area contributed by atoms with Crippen LogP contribution in [0.3, 0.4) is 0 Å². The van der Waals surface area contributed by atoms with Crippen LogP contribution in [0.25, 0.3) is 0 Å². The van der Waals surface area contributed by atoms with Crippen LogP contribution in [0.1, 0.15) is 103 Å². The maximum atomic E-state index is 9.94. The zero-order chi connectivity index (χ0) is 15.2. The molecule has 1 aliphatic carbocycles. The minimum Gasteiger partial charge on any atom is -0.380 e. The second kappa shape index (κ2) is 13.2. The zero-order valence-electron chi connectivity index (χ0n) is 14.2. The van der Waals surface area contributed by atoms with Crippen molar-refractivity contribution >= 4 is 0 Å². The zero-order valence-corrected chi connectivity index (χ0v) is 14.2. The van der Waals surface area contributed by atoms with Crippen LogP contribution < -0.4 is 0 Å². The largest absolute Gasteiger partial charge is 0.380 e. The van der Waals surface area contributed by atoms with Gasteiger partial charge in [-0.3, -0.25) is 0 Å². The minimum atomic E-state index is -0.351. The van der Waals surface area contributed by atoms with E-state index in [2.05, 4.69) is 18.8 Å². The molecule has 0 aliphatic heterocycles. The molecule has 0 amide bonds. The molecule has 0 bridgehead atoms. The molecule has 1 fully saturated rings. The van der Waals surface area contributed by atoms with Crippen molar-refractivity contribution in [3.8, 4) is 11.8 Å². The third kappa shape index (κ3) is 9.97. The highest BCUT2D eigenvalue weighted by molar-refractivity contribution is 5.06. The fourth-order valence-electron chi connectivity index (χ4n) is 3.27. The van der Waals surface area contributed by atoms with Crippen molar-refractivity contribution in [3.05, 3.63) is 0 Å². The molecule has 0 spiro atoms. The highest BCUT2D eigenvalue weighted by Gasteiger charge is 2.21. The smallest absolute Gasteiger partial charge is 0.117 e. The van der Waals surface area contributed by atoms with Gasteiger partial charge >= 0.3 is 0 Å². The first-order valence-corrected chi connectivity index (χ1v) is 9.51. The Morgan fingerprint density at radius 1 is 0.857 bits per heavy atom. The van der Waals surface area contributed by atoms with Crippen LogP contribution in [0.5, 0.6) is 0 Å². The lowest BCUT2D eigenvalue weighted by molar-refractivity contribution is 0.164. The van der Waals surface area contributed by atoms with Crippen LogP contribution in [0, 0.1) is 17.8 Å². The summed E-state index contributed by atoms with van der Waals surface area (Å²) in [5.74, 6) is 6.71. The maximum absolute atomic E-state index is 9.94. The van der Waals surface area contributed by atoms with E-state index in [-0.39, 0.29) is 6.10 Å². The van der Waals surface area contributed by atoms with Gasteiger partial charge in [0.05, 0.1) is 0 Å². The maximum Gasteiger partial charge on any atom is 0.117 e. The number of unbranched alkanes of at least 4 members (excludes halogenated alkanes) is 10. The van der Waals surface area contributed by atoms with Gasteiger partial charge in [-0.25, -0.2) is 0 Å². The average molecular weight is 293 g/mol. The molecule has 1 heteroatoms. The fraction of sp³-hybridized carbons (Fsp3) is 0.900. The Morgan fingerprint density at radius 2 is 1.38 bits per heavy atom. The Labute approximate surface area is 132 Å². The molecule has 0 heterocycles. The number of rotatable bonds is 11. The van der Waals surface area contributed by atoms with E-state index in [1.165, 1.54) is 89.9 Å². The van der Waals surface area contributed by atoms with Gasteiger partial charge in [-0.1, -0.05) is 83.5 Å². The number of hydrogen-bond donors (Lipinski definition) is 1. The summed E-state index contributed by atoms with van der Waals surface area (Å²) in [6, 6.07) is 0. The SMILES string of the molecule is CCCCCCCCCCCCC#CC(O)C1CCCC1. The van der Waals surface area contributed by atoms with E-state index in [4.69, 9.17) is 0 Å². The molecule has 1 N–H and O–H groups in total.